The van der Waals surface area contributed by atoms with E-state index in [1.165, 1.54) is 12.8 Å². The summed E-state index contributed by atoms with van der Waals surface area (Å²) in [4.78, 5) is 2.98. The van der Waals surface area contributed by atoms with Gasteiger partial charge in [-0.25, -0.2) is 8.42 Å². The van der Waals surface area contributed by atoms with Gasteiger partial charge in [0.1, 0.15) is 0 Å². The molecule has 1 atom stereocenters. The summed E-state index contributed by atoms with van der Waals surface area (Å²) in [7, 11) is -3.47. The fourth-order valence-corrected chi connectivity index (χ4v) is 6.71. The SMILES string of the molecule is O=S1(=O)c2ccccc2[C@@]2(CCN(CC3CC3)C2)N1Cc1ccccc1. The second-order valence-corrected chi connectivity index (χ2v) is 9.78. The molecule has 1 aliphatic carbocycles. The van der Waals surface area contributed by atoms with Crippen LogP contribution in [0.2, 0.25) is 0 Å². The van der Waals surface area contributed by atoms with Gasteiger partial charge in [-0.15, -0.1) is 0 Å². The molecule has 0 bridgehead atoms. The number of nitrogens with zero attached hydrogens (tertiary/aromatic N) is 2. The maximum Gasteiger partial charge on any atom is 0.244 e. The summed E-state index contributed by atoms with van der Waals surface area (Å²) in [6, 6.07) is 17.6. The summed E-state index contributed by atoms with van der Waals surface area (Å²) in [6.45, 7) is 3.34. The van der Waals surface area contributed by atoms with Gasteiger partial charge < -0.3 is 4.90 Å². The van der Waals surface area contributed by atoms with Gasteiger partial charge in [-0.2, -0.15) is 4.31 Å². The lowest BCUT2D eigenvalue weighted by Crippen LogP contribution is -2.45. The van der Waals surface area contributed by atoms with Crippen LogP contribution in [0.1, 0.15) is 30.4 Å². The zero-order valence-electron chi connectivity index (χ0n) is 14.8. The van der Waals surface area contributed by atoms with Crippen LogP contribution in [0.25, 0.3) is 0 Å². The van der Waals surface area contributed by atoms with Gasteiger partial charge in [-0.05, 0) is 42.4 Å². The summed E-state index contributed by atoms with van der Waals surface area (Å²) in [5.74, 6) is 0.820. The van der Waals surface area contributed by atoms with Crippen LogP contribution in [0, 0.1) is 5.92 Å². The van der Waals surface area contributed by atoms with Crippen molar-refractivity contribution < 1.29 is 8.42 Å². The van der Waals surface area contributed by atoms with Gasteiger partial charge in [0, 0.05) is 26.2 Å². The maximum absolute atomic E-state index is 13.4. The van der Waals surface area contributed by atoms with Gasteiger partial charge in [-0.3, -0.25) is 0 Å². The summed E-state index contributed by atoms with van der Waals surface area (Å²) >= 11 is 0. The highest BCUT2D eigenvalue weighted by Crippen LogP contribution is 2.50. The first-order valence-corrected chi connectivity index (χ1v) is 10.9. The molecular formula is C21H24N2O2S. The van der Waals surface area contributed by atoms with Crippen LogP contribution in [-0.4, -0.2) is 37.3 Å². The third-order valence-corrected chi connectivity index (χ3v) is 8.11. The van der Waals surface area contributed by atoms with Crippen LogP contribution < -0.4 is 0 Å². The molecule has 3 aliphatic rings. The van der Waals surface area contributed by atoms with Gasteiger partial charge in [0.25, 0.3) is 0 Å². The van der Waals surface area contributed by atoms with Gasteiger partial charge in [0.05, 0.1) is 10.4 Å². The molecule has 2 aromatic carbocycles. The fraction of sp³-hybridized carbons (Fsp3) is 0.429. The molecule has 26 heavy (non-hydrogen) atoms. The number of benzene rings is 2. The lowest BCUT2D eigenvalue weighted by molar-refractivity contribution is 0.184. The highest BCUT2D eigenvalue weighted by molar-refractivity contribution is 7.89. The second-order valence-electron chi connectivity index (χ2n) is 7.95. The van der Waals surface area contributed by atoms with Gasteiger partial charge in [0.2, 0.25) is 10.0 Å². The Labute approximate surface area is 155 Å². The molecule has 5 rings (SSSR count). The molecular weight excluding hydrogens is 344 g/mol. The Morgan fingerprint density at radius 2 is 1.73 bits per heavy atom. The van der Waals surface area contributed by atoms with E-state index in [0.29, 0.717) is 11.4 Å². The summed E-state index contributed by atoms with van der Waals surface area (Å²) in [5.41, 5.74) is 1.62. The average Bonchev–Trinajstić information content (AvgIpc) is 3.34. The maximum atomic E-state index is 13.4. The first-order valence-electron chi connectivity index (χ1n) is 9.48. The van der Waals surface area contributed by atoms with Crippen LogP contribution >= 0.6 is 0 Å². The molecule has 0 N–H and O–H groups in total. The summed E-state index contributed by atoms with van der Waals surface area (Å²) in [5, 5.41) is 0. The average molecular weight is 369 g/mol. The van der Waals surface area contributed by atoms with Gasteiger partial charge >= 0.3 is 0 Å². The van der Waals surface area contributed by atoms with Crippen molar-refractivity contribution >= 4 is 10.0 Å². The van der Waals surface area contributed by atoms with Crippen LogP contribution in [0.5, 0.6) is 0 Å². The number of sulfonamides is 1. The van der Waals surface area contributed by atoms with Crippen molar-refractivity contribution in [3.8, 4) is 0 Å². The van der Waals surface area contributed by atoms with E-state index in [2.05, 4.69) is 4.90 Å². The Morgan fingerprint density at radius 3 is 2.50 bits per heavy atom. The number of rotatable bonds is 4. The quantitative estimate of drug-likeness (QED) is 0.832. The Balaban J connectivity index is 1.57. The van der Waals surface area contributed by atoms with E-state index in [1.54, 1.807) is 10.4 Å². The summed E-state index contributed by atoms with van der Waals surface area (Å²) in [6.07, 6.45) is 3.53. The molecule has 1 spiro atoms. The number of likely N-dealkylation sites (tertiary alicyclic amines) is 1. The standard InChI is InChI=1S/C21H24N2O2S/c24-26(25)20-9-5-4-8-19(20)21(12-13-22(16-21)14-18-10-11-18)23(26)15-17-6-2-1-3-7-17/h1-9,18H,10-16H2/t21-/m0/s1. The molecule has 1 saturated heterocycles. The number of hydrogen-bond acceptors (Lipinski definition) is 3. The Hall–Kier alpha value is -1.69. The Kier molecular flexibility index (Phi) is 3.75. The van der Waals surface area contributed by atoms with Gasteiger partial charge in [-0.1, -0.05) is 48.5 Å². The largest absolute Gasteiger partial charge is 0.301 e. The van der Waals surface area contributed by atoms with Crippen molar-refractivity contribution in [3.63, 3.8) is 0 Å². The van der Waals surface area contributed by atoms with Crippen molar-refractivity contribution in [3.05, 3.63) is 65.7 Å². The first-order chi connectivity index (χ1) is 12.6. The molecule has 2 heterocycles. The molecule has 5 heteroatoms. The van der Waals surface area contributed by atoms with Crippen molar-refractivity contribution in [1.82, 2.24) is 9.21 Å². The minimum Gasteiger partial charge on any atom is -0.301 e. The van der Waals surface area contributed by atoms with Crippen molar-refractivity contribution in [2.24, 2.45) is 5.92 Å². The van der Waals surface area contributed by atoms with Crippen LogP contribution in [-0.2, 0) is 22.1 Å². The molecule has 0 unspecified atom stereocenters. The van der Waals surface area contributed by atoms with E-state index in [1.807, 2.05) is 48.5 Å². The zero-order chi connectivity index (χ0) is 17.8. The first kappa shape index (κ1) is 16.5. The minimum atomic E-state index is -3.47. The van der Waals surface area contributed by atoms with E-state index in [-0.39, 0.29) is 0 Å². The third kappa shape index (κ3) is 2.53. The molecule has 0 amide bonds. The van der Waals surface area contributed by atoms with Crippen molar-refractivity contribution in [2.45, 2.75) is 36.2 Å². The van der Waals surface area contributed by atoms with Crippen LogP contribution in [0.3, 0.4) is 0 Å². The third-order valence-electron chi connectivity index (χ3n) is 6.14. The predicted molar refractivity (Wildman–Crippen MR) is 101 cm³/mol. The summed E-state index contributed by atoms with van der Waals surface area (Å²) < 4.78 is 28.6. The highest BCUT2D eigenvalue weighted by Gasteiger charge is 2.56. The van der Waals surface area contributed by atoms with Crippen LogP contribution in [0.15, 0.2) is 59.5 Å². The molecule has 4 nitrogen and oxygen atoms in total. The molecule has 2 aliphatic heterocycles. The van der Waals surface area contributed by atoms with E-state index in [0.717, 1.165) is 43.1 Å². The van der Waals surface area contributed by atoms with E-state index < -0.39 is 15.6 Å². The zero-order valence-corrected chi connectivity index (χ0v) is 15.7. The smallest absolute Gasteiger partial charge is 0.244 e. The topological polar surface area (TPSA) is 40.6 Å². The normalized spacial score (nSPS) is 27.8. The van der Waals surface area contributed by atoms with E-state index in [4.69, 9.17) is 0 Å². The lowest BCUT2D eigenvalue weighted by atomic mass is 9.88. The fourth-order valence-electron chi connectivity index (χ4n) is 4.66. The van der Waals surface area contributed by atoms with E-state index in [9.17, 15) is 8.42 Å². The van der Waals surface area contributed by atoms with E-state index >= 15 is 0 Å². The Morgan fingerprint density at radius 1 is 1.00 bits per heavy atom. The van der Waals surface area contributed by atoms with Gasteiger partial charge in [0.15, 0.2) is 0 Å². The van der Waals surface area contributed by atoms with Crippen molar-refractivity contribution in [2.75, 3.05) is 19.6 Å². The monoisotopic (exact) mass is 368 g/mol. The molecule has 2 aromatic rings. The molecule has 1 saturated carbocycles. The molecule has 136 valence electrons. The van der Waals surface area contributed by atoms with Crippen LogP contribution in [0.4, 0.5) is 0 Å². The molecule has 0 radical (unpaired) electrons. The highest BCUT2D eigenvalue weighted by atomic mass is 32.2. The lowest BCUT2D eigenvalue weighted by Gasteiger charge is -2.34. The second kappa shape index (κ2) is 5.91. The Bertz CT molecular complexity index is 924. The number of fused-ring (bicyclic) bond motifs is 2. The molecule has 0 aromatic heterocycles. The minimum absolute atomic E-state index is 0.417. The number of hydrogen-bond donors (Lipinski definition) is 0. The van der Waals surface area contributed by atoms with Crippen molar-refractivity contribution in [1.29, 1.82) is 0 Å². The predicted octanol–water partition coefficient (Wildman–Crippen LogP) is 3.20. The molecule has 2 fully saturated rings.